The molecule has 1 saturated heterocycles. The van der Waals surface area contributed by atoms with Crippen molar-refractivity contribution in [3.63, 3.8) is 0 Å². The van der Waals surface area contributed by atoms with Crippen LogP contribution >= 0.6 is 23.2 Å². The monoisotopic (exact) mass is 370 g/mol. The van der Waals surface area contributed by atoms with Crippen molar-refractivity contribution in [2.45, 2.75) is 39.5 Å². The highest BCUT2D eigenvalue weighted by molar-refractivity contribution is 6.36. The SMILES string of the molecule is CCC(CC)C(=O)N1CCC(C(=O)Nc2ccc(Cl)cc2Cl)CC1. The topological polar surface area (TPSA) is 49.4 Å². The van der Waals surface area contributed by atoms with E-state index in [0.29, 0.717) is 41.7 Å². The van der Waals surface area contributed by atoms with Gasteiger partial charge in [-0.25, -0.2) is 0 Å². The van der Waals surface area contributed by atoms with Gasteiger partial charge < -0.3 is 10.2 Å². The average molecular weight is 371 g/mol. The Balaban J connectivity index is 1.89. The molecule has 0 aliphatic carbocycles. The molecule has 24 heavy (non-hydrogen) atoms. The number of hydrogen-bond donors (Lipinski definition) is 1. The number of amides is 2. The summed E-state index contributed by atoms with van der Waals surface area (Å²) in [5.74, 6) is 0.180. The number of carbonyl (C=O) groups is 2. The zero-order chi connectivity index (χ0) is 17.7. The van der Waals surface area contributed by atoms with Crippen LogP contribution in [0.25, 0.3) is 0 Å². The largest absolute Gasteiger partial charge is 0.342 e. The first-order valence-corrected chi connectivity index (χ1v) is 9.26. The number of piperidine rings is 1. The van der Waals surface area contributed by atoms with Crippen LogP contribution in [0.1, 0.15) is 39.5 Å². The first kappa shape index (κ1) is 19.1. The van der Waals surface area contributed by atoms with Crippen LogP contribution in [0.15, 0.2) is 18.2 Å². The van der Waals surface area contributed by atoms with Gasteiger partial charge in [-0.2, -0.15) is 0 Å². The van der Waals surface area contributed by atoms with Gasteiger partial charge in [-0.05, 0) is 43.9 Å². The molecule has 1 heterocycles. The molecule has 4 nitrogen and oxygen atoms in total. The van der Waals surface area contributed by atoms with Crippen LogP contribution in [0.4, 0.5) is 5.69 Å². The van der Waals surface area contributed by atoms with Crippen LogP contribution in [0.2, 0.25) is 10.0 Å². The van der Waals surface area contributed by atoms with Crippen molar-refractivity contribution in [3.8, 4) is 0 Å². The first-order chi connectivity index (χ1) is 11.5. The quantitative estimate of drug-likeness (QED) is 0.822. The van der Waals surface area contributed by atoms with Crippen LogP contribution in [0, 0.1) is 11.8 Å². The molecule has 0 radical (unpaired) electrons. The Morgan fingerprint density at radius 1 is 1.21 bits per heavy atom. The van der Waals surface area contributed by atoms with Crippen molar-refractivity contribution in [1.29, 1.82) is 0 Å². The lowest BCUT2D eigenvalue weighted by molar-refractivity contribution is -0.138. The summed E-state index contributed by atoms with van der Waals surface area (Å²) in [6.45, 7) is 5.37. The van der Waals surface area contributed by atoms with Gasteiger partial charge in [0.15, 0.2) is 0 Å². The van der Waals surface area contributed by atoms with Gasteiger partial charge in [-0.15, -0.1) is 0 Å². The maximum Gasteiger partial charge on any atom is 0.227 e. The molecule has 0 aromatic heterocycles. The molecule has 0 unspecified atom stereocenters. The van der Waals surface area contributed by atoms with E-state index in [0.717, 1.165) is 12.8 Å². The minimum absolute atomic E-state index is 0.0474. The predicted octanol–water partition coefficient (Wildman–Crippen LogP) is 4.61. The third kappa shape index (κ3) is 4.64. The number of anilines is 1. The normalized spacial score (nSPS) is 15.6. The molecular weight excluding hydrogens is 347 g/mol. The van der Waals surface area contributed by atoms with Crippen molar-refractivity contribution >= 4 is 40.7 Å². The van der Waals surface area contributed by atoms with Crippen molar-refractivity contribution in [2.24, 2.45) is 11.8 Å². The fraction of sp³-hybridized carbons (Fsp3) is 0.556. The van der Waals surface area contributed by atoms with Gasteiger partial charge in [-0.3, -0.25) is 9.59 Å². The third-order valence-corrected chi connectivity index (χ3v) is 5.25. The third-order valence-electron chi connectivity index (χ3n) is 4.70. The standard InChI is InChI=1S/C18H24Cl2N2O2/c1-3-12(4-2)18(24)22-9-7-13(8-10-22)17(23)21-16-6-5-14(19)11-15(16)20/h5-6,11-13H,3-4,7-10H2,1-2H3,(H,21,23). The van der Waals surface area contributed by atoms with Crippen molar-refractivity contribution in [3.05, 3.63) is 28.2 Å². The minimum atomic E-state index is -0.0949. The Kier molecular flexibility index (Phi) is 6.93. The zero-order valence-electron chi connectivity index (χ0n) is 14.1. The van der Waals surface area contributed by atoms with E-state index in [1.54, 1.807) is 18.2 Å². The molecule has 0 bridgehead atoms. The summed E-state index contributed by atoms with van der Waals surface area (Å²) in [6.07, 6.45) is 3.10. The van der Waals surface area contributed by atoms with Crippen LogP contribution in [0.3, 0.4) is 0 Å². The molecule has 1 aliphatic rings. The van der Waals surface area contributed by atoms with E-state index < -0.39 is 0 Å². The summed E-state index contributed by atoms with van der Waals surface area (Å²) in [5.41, 5.74) is 0.571. The van der Waals surface area contributed by atoms with Crippen LogP contribution < -0.4 is 5.32 Å². The number of halogens is 2. The molecule has 1 aliphatic heterocycles. The number of nitrogens with one attached hydrogen (secondary N) is 1. The lowest BCUT2D eigenvalue weighted by atomic mass is 9.93. The highest BCUT2D eigenvalue weighted by Gasteiger charge is 2.29. The number of carbonyl (C=O) groups excluding carboxylic acids is 2. The van der Waals surface area contributed by atoms with E-state index >= 15 is 0 Å². The minimum Gasteiger partial charge on any atom is -0.342 e. The van der Waals surface area contributed by atoms with Gasteiger partial charge >= 0.3 is 0 Å². The van der Waals surface area contributed by atoms with E-state index in [-0.39, 0.29) is 23.7 Å². The van der Waals surface area contributed by atoms with Crippen LogP contribution in [-0.4, -0.2) is 29.8 Å². The Morgan fingerprint density at radius 2 is 1.83 bits per heavy atom. The molecule has 2 amide bonds. The summed E-state index contributed by atoms with van der Waals surface area (Å²) in [5, 5.41) is 3.82. The second-order valence-electron chi connectivity index (χ2n) is 6.23. The molecule has 1 N–H and O–H groups in total. The number of rotatable bonds is 5. The summed E-state index contributed by atoms with van der Waals surface area (Å²) in [7, 11) is 0. The highest BCUT2D eigenvalue weighted by atomic mass is 35.5. The van der Waals surface area contributed by atoms with Crippen molar-refractivity contribution < 1.29 is 9.59 Å². The molecule has 2 rings (SSSR count). The van der Waals surface area contributed by atoms with Gasteiger partial charge in [-0.1, -0.05) is 37.0 Å². The van der Waals surface area contributed by atoms with Gasteiger partial charge in [0, 0.05) is 29.9 Å². The summed E-state index contributed by atoms with van der Waals surface area (Å²) in [4.78, 5) is 26.7. The summed E-state index contributed by atoms with van der Waals surface area (Å²) >= 11 is 12.0. The first-order valence-electron chi connectivity index (χ1n) is 8.50. The second kappa shape index (κ2) is 8.72. The van der Waals surface area contributed by atoms with E-state index in [9.17, 15) is 9.59 Å². The molecular formula is C18H24Cl2N2O2. The van der Waals surface area contributed by atoms with E-state index in [2.05, 4.69) is 5.32 Å². The summed E-state index contributed by atoms with van der Waals surface area (Å²) < 4.78 is 0. The number of likely N-dealkylation sites (tertiary alicyclic amines) is 1. The van der Waals surface area contributed by atoms with Gasteiger partial charge in [0.2, 0.25) is 11.8 Å². The van der Waals surface area contributed by atoms with Crippen molar-refractivity contribution in [2.75, 3.05) is 18.4 Å². The fourth-order valence-electron chi connectivity index (χ4n) is 3.08. The maximum atomic E-state index is 12.4. The Bertz CT molecular complexity index is 595. The molecule has 0 saturated carbocycles. The smallest absolute Gasteiger partial charge is 0.227 e. The van der Waals surface area contributed by atoms with Gasteiger partial charge in [0.1, 0.15) is 0 Å². The highest BCUT2D eigenvalue weighted by Crippen LogP contribution is 2.27. The number of nitrogens with zero attached hydrogens (tertiary/aromatic N) is 1. The zero-order valence-corrected chi connectivity index (χ0v) is 15.7. The Hall–Kier alpha value is -1.26. The molecule has 132 valence electrons. The maximum absolute atomic E-state index is 12.4. The lowest BCUT2D eigenvalue weighted by Gasteiger charge is -2.33. The van der Waals surface area contributed by atoms with Crippen LogP contribution in [0.5, 0.6) is 0 Å². The Morgan fingerprint density at radius 3 is 2.38 bits per heavy atom. The average Bonchev–Trinajstić information content (AvgIpc) is 2.58. The molecule has 0 spiro atoms. The fourth-order valence-corrected chi connectivity index (χ4v) is 3.54. The molecule has 0 atom stereocenters. The lowest BCUT2D eigenvalue weighted by Crippen LogP contribution is -2.43. The van der Waals surface area contributed by atoms with Crippen LogP contribution in [-0.2, 0) is 9.59 Å². The van der Waals surface area contributed by atoms with E-state index in [1.807, 2.05) is 18.7 Å². The van der Waals surface area contributed by atoms with Crippen molar-refractivity contribution in [1.82, 2.24) is 4.90 Å². The van der Waals surface area contributed by atoms with E-state index in [1.165, 1.54) is 0 Å². The molecule has 6 heteroatoms. The number of benzene rings is 1. The Labute approximate surface area is 153 Å². The predicted molar refractivity (Wildman–Crippen MR) is 98.5 cm³/mol. The summed E-state index contributed by atoms with van der Waals surface area (Å²) in [6, 6.07) is 5.00. The van der Waals surface area contributed by atoms with Gasteiger partial charge in [0.05, 0.1) is 10.7 Å². The molecule has 1 aromatic rings. The molecule has 1 aromatic carbocycles. The molecule has 1 fully saturated rings. The van der Waals surface area contributed by atoms with Gasteiger partial charge in [0.25, 0.3) is 0 Å². The number of hydrogen-bond acceptors (Lipinski definition) is 2. The van der Waals surface area contributed by atoms with E-state index in [4.69, 9.17) is 23.2 Å². The second-order valence-corrected chi connectivity index (χ2v) is 7.07.